The summed E-state index contributed by atoms with van der Waals surface area (Å²) in [5.74, 6) is -1.39. The lowest BCUT2D eigenvalue weighted by Gasteiger charge is -2.39. The van der Waals surface area contributed by atoms with Gasteiger partial charge in [0.15, 0.2) is 14.1 Å². The zero-order valence-electron chi connectivity index (χ0n) is 18.5. The van der Waals surface area contributed by atoms with E-state index in [4.69, 9.17) is 20.8 Å². The van der Waals surface area contributed by atoms with Crippen LogP contribution in [-0.4, -0.2) is 43.4 Å². The summed E-state index contributed by atoms with van der Waals surface area (Å²) in [4.78, 5) is 28.2. The fourth-order valence-electron chi connectivity index (χ4n) is 2.20. The summed E-state index contributed by atoms with van der Waals surface area (Å²) in [7, 11) is -2.25. The van der Waals surface area contributed by atoms with Crippen molar-refractivity contribution in [1.29, 1.82) is 0 Å². The van der Waals surface area contributed by atoms with Gasteiger partial charge in [0.1, 0.15) is 10.8 Å². The number of carbonyl (C=O) groups excluding carboxylic acids is 2. The molecule has 29 heavy (non-hydrogen) atoms. The first kappa shape index (κ1) is 25.5. The Morgan fingerprint density at radius 1 is 1.21 bits per heavy atom. The number of rotatable bonds is 7. The number of hydrogen-bond donors (Lipinski definition) is 1. The average Bonchev–Trinajstić information content (AvgIpc) is 2.49. The highest BCUT2D eigenvalue weighted by atomic mass is 35.5. The van der Waals surface area contributed by atoms with Crippen LogP contribution in [0.25, 0.3) is 0 Å². The molecule has 0 aromatic carbocycles. The highest BCUT2D eigenvalue weighted by Crippen LogP contribution is 2.37. The summed E-state index contributed by atoms with van der Waals surface area (Å²) in [5, 5.41) is 2.52. The molecule has 0 aliphatic rings. The molecular formula is C20H32ClFN2O4Si. The van der Waals surface area contributed by atoms with Crippen molar-refractivity contribution in [2.45, 2.75) is 77.8 Å². The second kappa shape index (κ2) is 9.53. The zero-order chi connectivity index (χ0) is 22.6. The monoisotopic (exact) mass is 446 g/mol. The van der Waals surface area contributed by atoms with Gasteiger partial charge in [-0.1, -0.05) is 32.4 Å². The van der Waals surface area contributed by atoms with Gasteiger partial charge in [0.05, 0.1) is 11.7 Å². The Bertz CT molecular complexity index is 745. The van der Waals surface area contributed by atoms with Crippen LogP contribution in [0.3, 0.4) is 0 Å². The molecule has 1 amide bonds. The first-order valence-corrected chi connectivity index (χ1v) is 12.8. The first-order chi connectivity index (χ1) is 13.0. The number of nitrogens with zero attached hydrogens (tertiary/aromatic N) is 1. The molecule has 0 saturated heterocycles. The average molecular weight is 447 g/mol. The normalized spacial score (nSPS) is 13.7. The molecule has 1 aromatic rings. The standard InChI is InChI=1S/C20H32ClFN2O4Si/c1-19(2,3)27-18(26)23-12-13(28-29(7,8)20(4,5)6)11-15(25)14-9-10-16(21)24-17(14)22/h9-10,13H,11-12H2,1-8H3,(H,23,26). The smallest absolute Gasteiger partial charge is 0.407 e. The van der Waals surface area contributed by atoms with E-state index >= 15 is 0 Å². The number of Topliss-reactive ketones (excluding diaryl/α,β-unsaturated/α-hetero) is 1. The Hall–Kier alpha value is -1.51. The Kier molecular flexibility index (Phi) is 8.39. The number of nitrogens with one attached hydrogen (secondary N) is 1. The third-order valence-corrected chi connectivity index (χ3v) is 9.41. The molecule has 1 rings (SSSR count). The summed E-state index contributed by atoms with van der Waals surface area (Å²) in [6, 6.07) is 2.66. The van der Waals surface area contributed by atoms with Gasteiger partial charge in [-0.3, -0.25) is 4.79 Å². The SMILES string of the molecule is CC(C)(C)OC(=O)NCC(CC(=O)c1ccc(Cl)nc1F)O[Si](C)(C)C(C)(C)C. The fourth-order valence-corrected chi connectivity index (χ4v) is 3.69. The highest BCUT2D eigenvalue weighted by molar-refractivity contribution is 6.74. The van der Waals surface area contributed by atoms with Crippen LogP contribution in [0.4, 0.5) is 9.18 Å². The Balaban J connectivity index is 2.97. The second-order valence-corrected chi connectivity index (χ2v) is 14.6. The van der Waals surface area contributed by atoms with E-state index < -0.39 is 37.8 Å². The Morgan fingerprint density at radius 2 is 1.79 bits per heavy atom. The van der Waals surface area contributed by atoms with Gasteiger partial charge in [-0.15, -0.1) is 0 Å². The minimum Gasteiger partial charge on any atom is -0.444 e. The van der Waals surface area contributed by atoms with Crippen molar-refractivity contribution in [1.82, 2.24) is 10.3 Å². The number of ether oxygens (including phenoxy) is 1. The number of hydrogen-bond acceptors (Lipinski definition) is 5. The zero-order valence-corrected chi connectivity index (χ0v) is 20.2. The molecule has 164 valence electrons. The number of halogens is 2. The molecule has 0 saturated carbocycles. The van der Waals surface area contributed by atoms with Gasteiger partial charge in [0, 0.05) is 13.0 Å². The van der Waals surface area contributed by atoms with Crippen molar-refractivity contribution in [3.63, 3.8) is 0 Å². The van der Waals surface area contributed by atoms with E-state index in [0.717, 1.165) is 0 Å². The maximum Gasteiger partial charge on any atom is 0.407 e. The molecule has 0 spiro atoms. The third kappa shape index (κ3) is 8.40. The van der Waals surface area contributed by atoms with Crippen molar-refractivity contribution in [3.05, 3.63) is 28.8 Å². The van der Waals surface area contributed by atoms with Crippen LogP contribution in [0.5, 0.6) is 0 Å². The molecule has 9 heteroatoms. The number of aromatic nitrogens is 1. The van der Waals surface area contributed by atoms with Crippen LogP contribution < -0.4 is 5.32 Å². The van der Waals surface area contributed by atoms with Crippen molar-refractivity contribution in [3.8, 4) is 0 Å². The topological polar surface area (TPSA) is 77.5 Å². The predicted octanol–water partition coefficient (Wildman–Crippen LogP) is 5.36. The largest absolute Gasteiger partial charge is 0.444 e. The summed E-state index contributed by atoms with van der Waals surface area (Å²) in [6.07, 6.45) is -1.35. The van der Waals surface area contributed by atoms with E-state index in [2.05, 4.69) is 31.1 Å². The van der Waals surface area contributed by atoms with Crippen LogP contribution in [0.1, 0.15) is 58.3 Å². The van der Waals surface area contributed by atoms with Crippen molar-refractivity contribution in [2.24, 2.45) is 0 Å². The quantitative estimate of drug-likeness (QED) is 0.346. The lowest BCUT2D eigenvalue weighted by atomic mass is 10.1. The van der Waals surface area contributed by atoms with Gasteiger partial charge in [0.2, 0.25) is 5.95 Å². The molecule has 1 unspecified atom stereocenters. The van der Waals surface area contributed by atoms with Gasteiger partial charge in [-0.2, -0.15) is 4.39 Å². The molecule has 1 atom stereocenters. The molecule has 0 bridgehead atoms. The molecule has 0 radical (unpaired) electrons. The first-order valence-electron chi connectivity index (χ1n) is 9.52. The van der Waals surface area contributed by atoms with Crippen molar-refractivity contribution < 1.29 is 23.1 Å². The lowest BCUT2D eigenvalue weighted by molar-refractivity contribution is 0.0488. The van der Waals surface area contributed by atoms with E-state index in [-0.39, 0.29) is 28.7 Å². The number of amides is 1. The Labute approximate surface area is 178 Å². The van der Waals surface area contributed by atoms with Gasteiger partial charge >= 0.3 is 6.09 Å². The van der Waals surface area contributed by atoms with Gasteiger partial charge in [-0.05, 0) is 51.0 Å². The van der Waals surface area contributed by atoms with E-state index in [0.29, 0.717) is 0 Å². The van der Waals surface area contributed by atoms with E-state index in [1.165, 1.54) is 12.1 Å². The molecule has 1 heterocycles. The summed E-state index contributed by atoms with van der Waals surface area (Å²) in [6.45, 7) is 15.6. The lowest BCUT2D eigenvalue weighted by Crippen LogP contribution is -2.48. The summed E-state index contributed by atoms with van der Waals surface area (Å²) >= 11 is 5.66. The van der Waals surface area contributed by atoms with E-state index in [9.17, 15) is 14.0 Å². The Morgan fingerprint density at radius 3 is 2.28 bits per heavy atom. The predicted molar refractivity (Wildman–Crippen MR) is 114 cm³/mol. The molecular weight excluding hydrogens is 415 g/mol. The highest BCUT2D eigenvalue weighted by Gasteiger charge is 2.39. The number of pyridine rings is 1. The number of alkyl carbamates (subject to hydrolysis) is 1. The van der Waals surface area contributed by atoms with Crippen LogP contribution in [0.2, 0.25) is 23.3 Å². The number of carbonyl (C=O) groups is 2. The maximum absolute atomic E-state index is 14.0. The maximum atomic E-state index is 14.0. The summed E-state index contributed by atoms with van der Waals surface area (Å²) in [5.41, 5.74) is -0.802. The minimum atomic E-state index is -2.25. The van der Waals surface area contributed by atoms with E-state index in [1.807, 2.05) is 13.1 Å². The molecule has 0 aliphatic heterocycles. The summed E-state index contributed by atoms with van der Waals surface area (Å²) < 4.78 is 25.6. The van der Waals surface area contributed by atoms with E-state index in [1.54, 1.807) is 20.8 Å². The van der Waals surface area contributed by atoms with Crippen LogP contribution in [0.15, 0.2) is 12.1 Å². The number of ketones is 1. The van der Waals surface area contributed by atoms with Gasteiger partial charge in [-0.25, -0.2) is 9.78 Å². The third-order valence-electron chi connectivity index (χ3n) is 4.67. The molecule has 6 nitrogen and oxygen atoms in total. The molecule has 1 N–H and O–H groups in total. The van der Waals surface area contributed by atoms with Gasteiger partial charge < -0.3 is 14.5 Å². The fraction of sp³-hybridized carbons (Fsp3) is 0.650. The van der Waals surface area contributed by atoms with Crippen LogP contribution in [0, 0.1) is 5.95 Å². The minimum absolute atomic E-state index is 0.0280. The molecule has 1 aromatic heterocycles. The molecule has 0 aliphatic carbocycles. The second-order valence-electron chi connectivity index (χ2n) is 9.48. The van der Waals surface area contributed by atoms with Crippen molar-refractivity contribution >= 4 is 31.8 Å². The van der Waals surface area contributed by atoms with Crippen LogP contribution >= 0.6 is 11.6 Å². The van der Waals surface area contributed by atoms with Crippen LogP contribution in [-0.2, 0) is 9.16 Å². The molecule has 0 fully saturated rings. The van der Waals surface area contributed by atoms with Crippen molar-refractivity contribution in [2.75, 3.05) is 6.54 Å². The van der Waals surface area contributed by atoms with Gasteiger partial charge in [0.25, 0.3) is 0 Å².